The Morgan fingerprint density at radius 1 is 0.891 bits per heavy atom. The van der Waals surface area contributed by atoms with Crippen molar-refractivity contribution < 1.29 is 27.8 Å². The van der Waals surface area contributed by atoms with Gasteiger partial charge < -0.3 is 4.43 Å². The van der Waals surface area contributed by atoms with Crippen LogP contribution < -0.4 is 0 Å². The molecule has 1 aromatic heterocycles. The van der Waals surface area contributed by atoms with Crippen molar-refractivity contribution in [2.75, 3.05) is 14.2 Å². The van der Waals surface area contributed by atoms with Crippen LogP contribution in [0.2, 0.25) is 31.4 Å². The van der Waals surface area contributed by atoms with Crippen LogP contribution in [0.3, 0.4) is 0 Å². The van der Waals surface area contributed by atoms with Crippen molar-refractivity contribution in [3.05, 3.63) is 67.5 Å². The Balaban J connectivity index is 3.58. The quantitative estimate of drug-likeness (QED) is 0.0191. The van der Waals surface area contributed by atoms with Crippen LogP contribution in [0, 0.1) is 17.8 Å². The summed E-state index contributed by atoms with van der Waals surface area (Å²) in [4.78, 5) is 14.1. The van der Waals surface area contributed by atoms with Gasteiger partial charge >= 0.3 is 250 Å². The van der Waals surface area contributed by atoms with Gasteiger partial charge in [-0.2, -0.15) is 0 Å². The summed E-state index contributed by atoms with van der Waals surface area (Å²) in [5.74, 6) is 0.994. The number of unbranched alkanes of at least 4 members (excludes halogenated alkanes) is 3. The summed E-state index contributed by atoms with van der Waals surface area (Å²) in [6, 6.07) is 7.21. The third-order valence-electron chi connectivity index (χ3n) is 11.8. The number of furan rings is 1. The number of allylic oxidation sites excluding steroid dienone is 3. The molecule has 0 aliphatic heterocycles. The van der Waals surface area contributed by atoms with Crippen LogP contribution in [0.1, 0.15) is 127 Å². The molecule has 0 N–H and O–H groups in total. The number of carbonyl (C=O) groups excluding carboxylic acids is 1. The molecule has 9 heteroatoms. The molecule has 0 saturated carbocycles. The summed E-state index contributed by atoms with van der Waals surface area (Å²) in [5.41, 5.74) is 2.32. The molecule has 0 saturated heterocycles. The second-order valence-electron chi connectivity index (χ2n) is 16.3. The molecule has 0 aromatic carbocycles. The third kappa shape index (κ3) is 18.3. The number of ether oxygens (including phenoxy) is 3. The van der Waals surface area contributed by atoms with Gasteiger partial charge in [0.25, 0.3) is 0 Å². The first-order chi connectivity index (χ1) is 26.3. The van der Waals surface area contributed by atoms with E-state index in [0.29, 0.717) is 12.3 Å². The van der Waals surface area contributed by atoms with Crippen molar-refractivity contribution in [3.8, 4) is 0 Å². The number of methoxy groups -OCH3 is 2. The van der Waals surface area contributed by atoms with E-state index in [0.717, 1.165) is 35.9 Å². The van der Waals surface area contributed by atoms with Gasteiger partial charge in [-0.15, -0.1) is 0 Å². The summed E-state index contributed by atoms with van der Waals surface area (Å²) < 4.78 is 40.3. The van der Waals surface area contributed by atoms with E-state index in [4.69, 9.17) is 23.1 Å². The number of hydrogen-bond acceptors (Lipinski definition) is 6. The van der Waals surface area contributed by atoms with Gasteiger partial charge in [0.1, 0.15) is 0 Å². The van der Waals surface area contributed by atoms with Crippen molar-refractivity contribution in [2.24, 2.45) is 17.8 Å². The number of halogens is 1. The fraction of sp³-hybridized carbons (Fsp3) is 0.717. The Bertz CT molecular complexity index is 1270. The molecule has 316 valence electrons. The molecule has 0 amide bonds. The number of esters is 1. The van der Waals surface area contributed by atoms with Crippen LogP contribution in [0.15, 0.2) is 66.1 Å². The fourth-order valence-corrected chi connectivity index (χ4v) is 25.7. The third-order valence-corrected chi connectivity index (χ3v) is 31.6. The van der Waals surface area contributed by atoms with Gasteiger partial charge in [-0.3, -0.25) is 0 Å². The Morgan fingerprint density at radius 3 is 1.93 bits per heavy atom. The Morgan fingerprint density at radius 2 is 1.47 bits per heavy atom. The van der Waals surface area contributed by atoms with Gasteiger partial charge in [-0.25, -0.2) is 0 Å². The van der Waals surface area contributed by atoms with E-state index in [9.17, 15) is 4.79 Å². The van der Waals surface area contributed by atoms with Gasteiger partial charge in [0.2, 0.25) is 0 Å². The summed E-state index contributed by atoms with van der Waals surface area (Å²) in [6.45, 7) is 24.7. The summed E-state index contributed by atoms with van der Waals surface area (Å²) in [7, 11) is 1.42. The molecule has 0 aliphatic carbocycles. The zero-order valence-electron chi connectivity index (χ0n) is 37.3. The molecule has 55 heavy (non-hydrogen) atoms. The van der Waals surface area contributed by atoms with Crippen LogP contribution in [0.4, 0.5) is 0 Å². The van der Waals surface area contributed by atoms with Gasteiger partial charge in [0, 0.05) is 0 Å². The number of rotatable bonds is 30. The minimum absolute atomic E-state index is 0.0643. The van der Waals surface area contributed by atoms with Crippen LogP contribution >= 0.6 is 22.6 Å². The zero-order valence-corrected chi connectivity index (χ0v) is 43.3. The van der Waals surface area contributed by atoms with Gasteiger partial charge in [0.15, 0.2) is 8.32 Å². The first kappa shape index (κ1) is 52.2. The van der Waals surface area contributed by atoms with Crippen molar-refractivity contribution >= 4 is 55.3 Å². The van der Waals surface area contributed by atoms with Crippen LogP contribution in [-0.2, 0) is 29.9 Å². The van der Waals surface area contributed by atoms with E-state index in [1.165, 1.54) is 57.4 Å². The van der Waals surface area contributed by atoms with E-state index in [-0.39, 0.29) is 29.8 Å². The molecule has 6 atom stereocenters. The van der Waals surface area contributed by atoms with E-state index in [1.54, 1.807) is 20.5 Å². The molecule has 0 aliphatic rings. The molecule has 1 heterocycles. The molecular weight excluding hydrogens is 922 g/mol. The molecule has 0 radical (unpaired) electrons. The fourth-order valence-electron chi connectivity index (χ4n) is 8.05. The SMILES string of the molecule is CCC[CH2][Sn](/[CH]=C/[C@H](OC)[C@H](OC(=O)/C(=C/C(C)=C/[C@@H](C)[C@@H](O[Si](CC)(CC)CC)[C@@H](C)C/C(C)=C\I)OC)[C@@H](C)Cc1ccco1)([CH2]CCC)[CH2]CCC. The maximum atomic E-state index is 14.1. The first-order valence-corrected chi connectivity index (χ1v) is 33.1. The van der Waals surface area contributed by atoms with Crippen molar-refractivity contribution in [3.63, 3.8) is 0 Å². The Kier molecular flexibility index (Phi) is 27.1. The van der Waals surface area contributed by atoms with E-state index >= 15 is 0 Å². The van der Waals surface area contributed by atoms with E-state index in [1.807, 2.05) is 25.1 Å². The molecule has 0 unspecified atom stereocenters. The van der Waals surface area contributed by atoms with Crippen molar-refractivity contribution in [1.29, 1.82) is 0 Å². The Hall–Kier alpha value is -0.824. The average molecular weight is 1000 g/mol. The predicted molar refractivity (Wildman–Crippen MR) is 248 cm³/mol. The number of hydrogen-bond donors (Lipinski definition) is 0. The second-order valence-corrected chi connectivity index (χ2v) is 34.7. The summed E-state index contributed by atoms with van der Waals surface area (Å²) >= 11 is -0.303. The molecule has 0 spiro atoms. The Labute approximate surface area is 357 Å². The summed E-state index contributed by atoms with van der Waals surface area (Å²) in [5, 5.41) is 0. The maximum absolute atomic E-state index is 14.1. The van der Waals surface area contributed by atoms with E-state index in [2.05, 4.69) is 112 Å². The van der Waals surface area contributed by atoms with Crippen LogP contribution in [0.25, 0.3) is 0 Å². The monoisotopic (exact) mass is 1000 g/mol. The normalized spacial score (nSPS) is 16.9. The molecule has 0 bridgehead atoms. The van der Waals surface area contributed by atoms with Crippen molar-refractivity contribution in [2.45, 2.75) is 177 Å². The molecular formula is C46H81IO6SiSn. The number of carbonyl (C=O) groups is 1. The van der Waals surface area contributed by atoms with Crippen molar-refractivity contribution in [1.82, 2.24) is 0 Å². The zero-order chi connectivity index (χ0) is 41.4. The van der Waals surface area contributed by atoms with Crippen LogP contribution in [0.5, 0.6) is 0 Å². The predicted octanol–water partition coefficient (Wildman–Crippen LogP) is 14.2. The topological polar surface area (TPSA) is 67.1 Å². The van der Waals surface area contributed by atoms with Gasteiger partial charge in [-0.1, -0.05) is 55.9 Å². The molecule has 0 fully saturated rings. The second kappa shape index (κ2) is 28.6. The first-order valence-electron chi connectivity index (χ1n) is 21.6. The van der Waals surface area contributed by atoms with Crippen LogP contribution in [-0.4, -0.2) is 65.2 Å². The van der Waals surface area contributed by atoms with Gasteiger partial charge in [-0.05, 0) is 41.5 Å². The summed E-state index contributed by atoms with van der Waals surface area (Å²) in [6.07, 6.45) is 16.3. The molecule has 6 nitrogen and oxygen atoms in total. The average Bonchev–Trinajstić information content (AvgIpc) is 3.70. The molecule has 1 rings (SSSR count). The van der Waals surface area contributed by atoms with Gasteiger partial charge in [0.05, 0.1) is 0 Å². The van der Waals surface area contributed by atoms with E-state index < -0.39 is 38.8 Å². The molecule has 1 aromatic rings. The minimum atomic E-state index is -2.64. The standard InChI is InChI=1S/C34H54IO6Si.3C4H9.Sn/c1-12-30(37-10)33(28(9)22-29-17-16-18-39-29)40-34(36)31(38-11)21-24(5)19-26(7)32(27(8)20-25(6)23-35)41-42(13-2,14-3)15-4;3*1-3-4-2;/h1,12,16-19,21,23,26-28,30,32-33H,13-15,20,22H2,2-11H3;3*1,3-4H2,2H3;/b12-1?,24-19+,25-23-,31-21-;;;;/t26-,27+,28+,30+,32-,33-;;;;/m1..../s1.